The number of hydrazone groups is 1. The van der Waals surface area contributed by atoms with Crippen LogP contribution in [0.2, 0.25) is 10.0 Å². The minimum Gasteiger partial charge on any atom is -0.491 e. The predicted octanol–water partition coefficient (Wildman–Crippen LogP) is 3.54. The van der Waals surface area contributed by atoms with Crippen LogP contribution in [-0.4, -0.2) is 22.8 Å². The Morgan fingerprint density at radius 2 is 2.00 bits per heavy atom. The Kier molecular flexibility index (Phi) is 5.63. The fraction of sp³-hybridized carbons (Fsp3) is 0.267. The van der Waals surface area contributed by atoms with Gasteiger partial charge in [0.1, 0.15) is 0 Å². The molecular weight excluding hydrogens is 339 g/mol. The van der Waals surface area contributed by atoms with Crippen LogP contribution in [0, 0.1) is 13.8 Å². The molecule has 1 aromatic carbocycles. The second-order valence-electron chi connectivity index (χ2n) is 4.74. The first-order valence-electron chi connectivity index (χ1n) is 6.90. The van der Waals surface area contributed by atoms with Crippen molar-refractivity contribution in [1.82, 2.24) is 9.97 Å². The topological polar surface area (TPSA) is 79.4 Å². The fourth-order valence-corrected chi connectivity index (χ4v) is 2.42. The number of hydrogen-bond donors (Lipinski definition) is 2. The molecular formula is C15H16Cl2N4O2. The maximum Gasteiger partial charge on any atom is 0.255 e. The molecule has 2 N–H and O–H groups in total. The summed E-state index contributed by atoms with van der Waals surface area (Å²) in [6.07, 6.45) is 1.52. The summed E-state index contributed by atoms with van der Waals surface area (Å²) in [6.45, 7) is 5.78. The molecule has 1 heterocycles. The number of aromatic amines is 1. The number of hydrogen-bond acceptors (Lipinski definition) is 5. The van der Waals surface area contributed by atoms with Crippen LogP contribution in [0.3, 0.4) is 0 Å². The SMILES string of the molecule is CCOc1c(Cl)cc(/C=N\Nc2nc(C)c(C)c(=O)[nH]2)cc1Cl. The summed E-state index contributed by atoms with van der Waals surface area (Å²) < 4.78 is 5.36. The third-order valence-corrected chi connectivity index (χ3v) is 3.65. The van der Waals surface area contributed by atoms with Crippen LogP contribution in [0.25, 0.3) is 0 Å². The number of aromatic nitrogens is 2. The third kappa shape index (κ3) is 4.24. The van der Waals surface area contributed by atoms with Crippen molar-refractivity contribution in [2.45, 2.75) is 20.8 Å². The molecule has 0 radical (unpaired) electrons. The lowest BCUT2D eigenvalue weighted by Gasteiger charge is -2.08. The van der Waals surface area contributed by atoms with E-state index in [1.807, 2.05) is 6.92 Å². The van der Waals surface area contributed by atoms with Gasteiger partial charge in [-0.2, -0.15) is 5.10 Å². The molecule has 0 saturated heterocycles. The summed E-state index contributed by atoms with van der Waals surface area (Å²) in [4.78, 5) is 18.4. The number of halogens is 2. The van der Waals surface area contributed by atoms with Gasteiger partial charge in [-0.05, 0) is 38.5 Å². The molecule has 122 valence electrons. The first-order chi connectivity index (χ1) is 10.9. The number of nitrogens with zero attached hydrogens (tertiary/aromatic N) is 2. The summed E-state index contributed by atoms with van der Waals surface area (Å²) >= 11 is 12.2. The number of anilines is 1. The van der Waals surface area contributed by atoms with E-state index in [2.05, 4.69) is 20.5 Å². The molecule has 0 fully saturated rings. The molecule has 1 aromatic heterocycles. The van der Waals surface area contributed by atoms with Crippen molar-refractivity contribution >= 4 is 35.4 Å². The molecule has 0 bridgehead atoms. The smallest absolute Gasteiger partial charge is 0.255 e. The normalized spacial score (nSPS) is 11.0. The van der Waals surface area contributed by atoms with Crippen LogP contribution in [-0.2, 0) is 0 Å². The zero-order valence-corrected chi connectivity index (χ0v) is 14.4. The summed E-state index contributed by atoms with van der Waals surface area (Å²) in [6, 6.07) is 3.36. The van der Waals surface area contributed by atoms with E-state index in [9.17, 15) is 4.79 Å². The van der Waals surface area contributed by atoms with Gasteiger partial charge in [-0.3, -0.25) is 9.78 Å². The number of benzene rings is 1. The first kappa shape index (κ1) is 17.3. The molecule has 2 aromatic rings. The molecule has 23 heavy (non-hydrogen) atoms. The Labute approximate surface area is 143 Å². The van der Waals surface area contributed by atoms with Crippen LogP contribution in [0.15, 0.2) is 22.0 Å². The van der Waals surface area contributed by atoms with Gasteiger partial charge in [0.25, 0.3) is 5.56 Å². The van der Waals surface area contributed by atoms with Crippen molar-refractivity contribution < 1.29 is 4.74 Å². The van der Waals surface area contributed by atoms with E-state index in [0.717, 1.165) is 0 Å². The van der Waals surface area contributed by atoms with Crippen molar-refractivity contribution in [3.8, 4) is 5.75 Å². The number of aryl methyl sites for hydroxylation is 1. The van der Waals surface area contributed by atoms with Crippen LogP contribution < -0.4 is 15.7 Å². The highest BCUT2D eigenvalue weighted by atomic mass is 35.5. The lowest BCUT2D eigenvalue weighted by Crippen LogP contribution is -2.15. The second-order valence-corrected chi connectivity index (χ2v) is 5.56. The van der Waals surface area contributed by atoms with Crippen LogP contribution >= 0.6 is 23.2 Å². The number of nitrogens with one attached hydrogen (secondary N) is 2. The summed E-state index contributed by atoms with van der Waals surface area (Å²) in [5.41, 5.74) is 4.35. The Bertz CT molecular complexity index is 780. The first-order valence-corrected chi connectivity index (χ1v) is 7.66. The number of H-pyrrole nitrogens is 1. The zero-order valence-electron chi connectivity index (χ0n) is 12.9. The van der Waals surface area contributed by atoms with Crippen molar-refractivity contribution in [3.63, 3.8) is 0 Å². The highest BCUT2D eigenvalue weighted by molar-refractivity contribution is 6.37. The zero-order chi connectivity index (χ0) is 17.0. The molecule has 0 amide bonds. The summed E-state index contributed by atoms with van der Waals surface area (Å²) in [5, 5.41) is 4.82. The van der Waals surface area contributed by atoms with Gasteiger partial charge in [0, 0.05) is 11.3 Å². The van der Waals surface area contributed by atoms with Crippen molar-refractivity contribution in [2.24, 2.45) is 5.10 Å². The van der Waals surface area contributed by atoms with Gasteiger partial charge in [0.05, 0.1) is 22.9 Å². The van der Waals surface area contributed by atoms with Gasteiger partial charge in [-0.15, -0.1) is 0 Å². The largest absolute Gasteiger partial charge is 0.491 e. The molecule has 0 unspecified atom stereocenters. The van der Waals surface area contributed by atoms with Crippen LogP contribution in [0.4, 0.5) is 5.95 Å². The van der Waals surface area contributed by atoms with E-state index in [0.29, 0.717) is 39.2 Å². The fourth-order valence-electron chi connectivity index (χ4n) is 1.80. The maximum atomic E-state index is 11.6. The van der Waals surface area contributed by atoms with E-state index in [-0.39, 0.29) is 11.5 Å². The van der Waals surface area contributed by atoms with Gasteiger partial charge in [-0.25, -0.2) is 10.4 Å². The van der Waals surface area contributed by atoms with E-state index in [1.54, 1.807) is 26.0 Å². The average Bonchev–Trinajstić information content (AvgIpc) is 2.48. The molecule has 0 spiro atoms. The third-order valence-electron chi connectivity index (χ3n) is 3.09. The van der Waals surface area contributed by atoms with Gasteiger partial charge in [0.2, 0.25) is 5.95 Å². The predicted molar refractivity (Wildman–Crippen MR) is 93.2 cm³/mol. The second kappa shape index (κ2) is 7.48. The Morgan fingerprint density at radius 3 is 2.57 bits per heavy atom. The monoisotopic (exact) mass is 354 g/mol. The minimum absolute atomic E-state index is 0.206. The number of ether oxygens (including phenoxy) is 1. The van der Waals surface area contributed by atoms with Crippen molar-refractivity contribution in [3.05, 3.63) is 49.4 Å². The van der Waals surface area contributed by atoms with Gasteiger partial charge in [0.15, 0.2) is 5.75 Å². The van der Waals surface area contributed by atoms with Gasteiger partial charge < -0.3 is 4.74 Å². The molecule has 0 aliphatic carbocycles. The molecule has 0 saturated carbocycles. The highest BCUT2D eigenvalue weighted by Gasteiger charge is 2.08. The standard InChI is InChI=1S/C15H16Cl2N4O2/c1-4-23-13-11(16)5-10(6-12(13)17)7-18-21-15-19-9(3)8(2)14(22)20-15/h5-7H,4H2,1-3H3,(H2,19,20,21,22)/b18-7-. The molecule has 6 nitrogen and oxygen atoms in total. The average molecular weight is 355 g/mol. The van der Waals surface area contributed by atoms with E-state index in [4.69, 9.17) is 27.9 Å². The number of rotatable bonds is 5. The van der Waals surface area contributed by atoms with Crippen LogP contribution in [0.1, 0.15) is 23.7 Å². The molecule has 2 rings (SSSR count). The quantitative estimate of drug-likeness (QED) is 0.635. The van der Waals surface area contributed by atoms with Crippen molar-refractivity contribution in [2.75, 3.05) is 12.0 Å². The van der Waals surface area contributed by atoms with Gasteiger partial charge in [-0.1, -0.05) is 23.2 Å². The lowest BCUT2D eigenvalue weighted by molar-refractivity contribution is 0.340. The van der Waals surface area contributed by atoms with E-state index in [1.165, 1.54) is 6.21 Å². The molecule has 0 aliphatic rings. The van der Waals surface area contributed by atoms with Gasteiger partial charge >= 0.3 is 0 Å². The molecule has 0 aliphatic heterocycles. The lowest BCUT2D eigenvalue weighted by atomic mass is 10.2. The Balaban J connectivity index is 2.16. The molecule has 0 atom stereocenters. The summed E-state index contributed by atoms with van der Waals surface area (Å²) in [7, 11) is 0. The minimum atomic E-state index is -0.206. The van der Waals surface area contributed by atoms with Crippen LogP contribution in [0.5, 0.6) is 5.75 Å². The van der Waals surface area contributed by atoms with E-state index < -0.39 is 0 Å². The Morgan fingerprint density at radius 1 is 1.35 bits per heavy atom. The maximum absolute atomic E-state index is 11.6. The Hall–Kier alpha value is -2.05. The van der Waals surface area contributed by atoms with E-state index >= 15 is 0 Å². The van der Waals surface area contributed by atoms with Crippen molar-refractivity contribution in [1.29, 1.82) is 0 Å². The molecule has 8 heteroatoms. The summed E-state index contributed by atoms with van der Waals surface area (Å²) in [5.74, 6) is 0.707. The highest BCUT2D eigenvalue weighted by Crippen LogP contribution is 2.33.